The Balaban J connectivity index is 1.47. The highest BCUT2D eigenvalue weighted by Gasteiger charge is 2.09. The summed E-state index contributed by atoms with van der Waals surface area (Å²) in [6, 6.07) is 11.2. The molecule has 0 spiro atoms. The lowest BCUT2D eigenvalue weighted by Crippen LogP contribution is -2.34. The molecule has 0 fully saturated rings. The van der Waals surface area contributed by atoms with Crippen LogP contribution in [0.5, 0.6) is 17.4 Å². The molecule has 0 unspecified atom stereocenters. The average Bonchev–Trinajstić information content (AvgIpc) is 2.83. The van der Waals surface area contributed by atoms with E-state index in [1.54, 1.807) is 25.6 Å². The number of hydrogen-bond acceptors (Lipinski definition) is 8. The number of nitrogens with one attached hydrogen (secondary N) is 1. The SMILES string of the molecule is COc1cc(CCNc2ncnc3c2=C(C)CCC=CN=3)ccc1Oc1ccc(C#N)cn1. The van der Waals surface area contributed by atoms with Crippen molar-refractivity contribution < 1.29 is 9.47 Å². The standard InChI is InChI=1S/C25H24N6O2/c1-17-5-3-4-11-27-24-23(17)25(31-16-30-24)28-12-10-18-6-8-20(21(13-18)32-2)33-22-9-7-19(14-26)15-29-22/h4,6-9,11,13,15-16H,3,5,10,12H2,1-2H3,(H,27,28,30,31). The number of aromatic nitrogens is 3. The second-order valence-corrected chi connectivity index (χ2v) is 7.51. The van der Waals surface area contributed by atoms with Crippen LogP contribution in [0, 0.1) is 11.3 Å². The molecular weight excluding hydrogens is 416 g/mol. The molecule has 4 rings (SSSR count). The predicted molar refractivity (Wildman–Crippen MR) is 124 cm³/mol. The summed E-state index contributed by atoms with van der Waals surface area (Å²) in [5, 5.41) is 13.3. The summed E-state index contributed by atoms with van der Waals surface area (Å²) in [6.45, 7) is 2.79. The van der Waals surface area contributed by atoms with Crippen LogP contribution in [-0.2, 0) is 6.42 Å². The van der Waals surface area contributed by atoms with Crippen molar-refractivity contribution >= 4 is 11.4 Å². The summed E-state index contributed by atoms with van der Waals surface area (Å²) in [4.78, 5) is 17.4. The molecular formula is C25H24N6O2. The van der Waals surface area contributed by atoms with Crippen LogP contribution in [-0.4, -0.2) is 28.6 Å². The van der Waals surface area contributed by atoms with E-state index in [-0.39, 0.29) is 0 Å². The normalized spacial score (nSPS) is 12.6. The fraction of sp³-hybridized carbons (Fsp3) is 0.240. The summed E-state index contributed by atoms with van der Waals surface area (Å²) in [5.74, 6) is 2.37. The zero-order valence-corrected chi connectivity index (χ0v) is 18.6. The summed E-state index contributed by atoms with van der Waals surface area (Å²) < 4.78 is 11.3. The number of anilines is 1. The van der Waals surface area contributed by atoms with Crippen molar-refractivity contribution in [3.05, 3.63) is 77.0 Å². The van der Waals surface area contributed by atoms with E-state index in [2.05, 4.69) is 38.3 Å². The summed E-state index contributed by atoms with van der Waals surface area (Å²) in [6.07, 6.45) is 9.55. The van der Waals surface area contributed by atoms with Gasteiger partial charge < -0.3 is 14.8 Å². The molecule has 8 heteroatoms. The zero-order chi connectivity index (χ0) is 23.0. The number of hydrogen-bond donors (Lipinski definition) is 1. The third-order valence-corrected chi connectivity index (χ3v) is 5.26. The minimum Gasteiger partial charge on any atom is -0.493 e. The molecule has 0 bridgehead atoms. The Hall–Kier alpha value is -4.25. The number of fused-ring (bicyclic) bond motifs is 1. The van der Waals surface area contributed by atoms with Gasteiger partial charge in [0.05, 0.1) is 17.9 Å². The molecule has 0 radical (unpaired) electrons. The highest BCUT2D eigenvalue weighted by atomic mass is 16.5. The summed E-state index contributed by atoms with van der Waals surface area (Å²) >= 11 is 0. The maximum atomic E-state index is 8.90. The maximum Gasteiger partial charge on any atom is 0.219 e. The number of benzene rings is 1. The Bertz CT molecular complexity index is 1330. The number of rotatable bonds is 7. The van der Waals surface area contributed by atoms with E-state index in [0.29, 0.717) is 35.0 Å². The Labute approximate surface area is 192 Å². The Morgan fingerprint density at radius 2 is 2.03 bits per heavy atom. The first-order chi connectivity index (χ1) is 16.2. The molecule has 1 aromatic carbocycles. The molecule has 0 amide bonds. The Morgan fingerprint density at radius 1 is 1.12 bits per heavy atom. The fourth-order valence-corrected chi connectivity index (χ4v) is 3.52. The number of pyridine rings is 1. The quantitative estimate of drug-likeness (QED) is 0.601. The lowest BCUT2D eigenvalue weighted by Gasteiger charge is -2.12. The van der Waals surface area contributed by atoms with Crippen LogP contribution in [0.3, 0.4) is 0 Å². The second-order valence-electron chi connectivity index (χ2n) is 7.51. The van der Waals surface area contributed by atoms with E-state index in [4.69, 9.17) is 14.7 Å². The first-order valence-electron chi connectivity index (χ1n) is 10.7. The van der Waals surface area contributed by atoms with Crippen molar-refractivity contribution in [1.82, 2.24) is 15.0 Å². The topological polar surface area (TPSA) is 105 Å². The molecule has 0 atom stereocenters. The molecule has 0 aliphatic carbocycles. The van der Waals surface area contributed by atoms with Crippen LogP contribution in [0.2, 0.25) is 0 Å². The molecule has 0 saturated carbocycles. The molecule has 1 N–H and O–H groups in total. The first kappa shape index (κ1) is 22.0. The smallest absolute Gasteiger partial charge is 0.219 e. The summed E-state index contributed by atoms with van der Waals surface area (Å²) in [5.41, 5.74) is 3.48. The first-order valence-corrected chi connectivity index (χ1v) is 10.7. The molecule has 1 aliphatic rings. The van der Waals surface area contributed by atoms with Crippen molar-refractivity contribution in [3.8, 4) is 23.4 Å². The lowest BCUT2D eigenvalue weighted by atomic mass is 10.1. The van der Waals surface area contributed by atoms with Gasteiger partial charge in [-0.25, -0.2) is 19.9 Å². The van der Waals surface area contributed by atoms with Crippen LogP contribution < -0.4 is 25.5 Å². The van der Waals surface area contributed by atoms with E-state index in [9.17, 15) is 0 Å². The Kier molecular flexibility index (Phi) is 6.90. The minimum absolute atomic E-state index is 0.397. The Morgan fingerprint density at radius 3 is 2.82 bits per heavy atom. The largest absolute Gasteiger partial charge is 0.493 e. The highest BCUT2D eigenvalue weighted by Crippen LogP contribution is 2.31. The van der Waals surface area contributed by atoms with Gasteiger partial charge in [0.2, 0.25) is 5.88 Å². The van der Waals surface area contributed by atoms with E-state index < -0.39 is 0 Å². The maximum absolute atomic E-state index is 8.90. The number of nitriles is 1. The van der Waals surface area contributed by atoms with Gasteiger partial charge in [0.25, 0.3) is 0 Å². The minimum atomic E-state index is 0.397. The molecule has 0 saturated heterocycles. The van der Waals surface area contributed by atoms with Gasteiger partial charge in [-0.15, -0.1) is 0 Å². The van der Waals surface area contributed by atoms with E-state index in [1.165, 1.54) is 11.8 Å². The lowest BCUT2D eigenvalue weighted by molar-refractivity contribution is 0.373. The van der Waals surface area contributed by atoms with Gasteiger partial charge in [0.1, 0.15) is 18.2 Å². The van der Waals surface area contributed by atoms with Gasteiger partial charge in [-0.1, -0.05) is 17.7 Å². The predicted octanol–water partition coefficient (Wildman–Crippen LogP) is 3.30. The molecule has 3 aromatic rings. The molecule has 166 valence electrons. The second kappa shape index (κ2) is 10.4. The van der Waals surface area contributed by atoms with E-state index >= 15 is 0 Å². The molecule has 3 heterocycles. The van der Waals surface area contributed by atoms with Gasteiger partial charge in [-0.2, -0.15) is 5.26 Å². The van der Waals surface area contributed by atoms with Gasteiger partial charge in [0, 0.05) is 25.0 Å². The van der Waals surface area contributed by atoms with Crippen molar-refractivity contribution in [3.63, 3.8) is 0 Å². The number of ether oxygens (including phenoxy) is 2. The molecule has 1 aliphatic heterocycles. The van der Waals surface area contributed by atoms with Crippen molar-refractivity contribution in [2.75, 3.05) is 19.0 Å². The number of allylic oxidation sites excluding steroid dienone is 1. The van der Waals surface area contributed by atoms with Crippen LogP contribution in [0.15, 0.2) is 60.1 Å². The number of methoxy groups -OCH3 is 1. The zero-order valence-electron chi connectivity index (χ0n) is 18.6. The van der Waals surface area contributed by atoms with Crippen LogP contribution in [0.4, 0.5) is 5.82 Å². The van der Waals surface area contributed by atoms with Gasteiger partial charge in [0.15, 0.2) is 17.0 Å². The van der Waals surface area contributed by atoms with Gasteiger partial charge >= 0.3 is 0 Å². The molecule has 33 heavy (non-hydrogen) atoms. The number of nitrogens with zero attached hydrogens (tertiary/aromatic N) is 5. The summed E-state index contributed by atoms with van der Waals surface area (Å²) in [7, 11) is 1.60. The van der Waals surface area contributed by atoms with Crippen LogP contribution in [0.1, 0.15) is 30.9 Å². The van der Waals surface area contributed by atoms with Gasteiger partial charge in [-0.3, -0.25) is 0 Å². The van der Waals surface area contributed by atoms with Crippen molar-refractivity contribution in [2.45, 2.75) is 26.2 Å². The van der Waals surface area contributed by atoms with Crippen molar-refractivity contribution in [1.29, 1.82) is 5.26 Å². The molecule has 2 aromatic heterocycles. The monoisotopic (exact) mass is 440 g/mol. The highest BCUT2D eigenvalue weighted by molar-refractivity contribution is 5.51. The van der Waals surface area contributed by atoms with Crippen molar-refractivity contribution in [2.24, 2.45) is 4.99 Å². The van der Waals surface area contributed by atoms with E-state index in [1.807, 2.05) is 30.5 Å². The van der Waals surface area contributed by atoms with E-state index in [0.717, 1.165) is 35.9 Å². The molecule has 8 nitrogen and oxygen atoms in total. The average molecular weight is 441 g/mol. The van der Waals surface area contributed by atoms with Crippen LogP contribution >= 0.6 is 0 Å². The fourth-order valence-electron chi connectivity index (χ4n) is 3.52. The third kappa shape index (κ3) is 5.33. The third-order valence-electron chi connectivity index (χ3n) is 5.26. The van der Waals surface area contributed by atoms with Gasteiger partial charge in [-0.05, 0) is 49.9 Å². The van der Waals surface area contributed by atoms with Crippen LogP contribution in [0.25, 0.3) is 5.57 Å².